The van der Waals surface area contributed by atoms with Gasteiger partial charge < -0.3 is 9.84 Å². The SMILES string of the molecule is COc1cccc(C(C(O)C2CCS(=O)(=O)CC2)S(=O)(=O)c2ccccc2)c1C. The monoisotopic (exact) mass is 438 g/mol. The lowest BCUT2D eigenvalue weighted by atomic mass is 9.89. The van der Waals surface area contributed by atoms with Gasteiger partial charge in [0.2, 0.25) is 0 Å². The molecular formula is C21H26O6S2. The fourth-order valence-electron chi connectivity index (χ4n) is 3.95. The number of aliphatic hydroxyl groups is 1. The van der Waals surface area contributed by atoms with Crippen LogP contribution >= 0.6 is 0 Å². The number of hydrogen-bond acceptors (Lipinski definition) is 6. The molecule has 2 atom stereocenters. The van der Waals surface area contributed by atoms with Crippen molar-refractivity contribution >= 4 is 19.7 Å². The average molecular weight is 439 g/mol. The van der Waals surface area contributed by atoms with Gasteiger partial charge in [-0.15, -0.1) is 0 Å². The van der Waals surface area contributed by atoms with Gasteiger partial charge in [-0.2, -0.15) is 0 Å². The summed E-state index contributed by atoms with van der Waals surface area (Å²) >= 11 is 0. The predicted molar refractivity (Wildman–Crippen MR) is 111 cm³/mol. The van der Waals surface area contributed by atoms with Crippen molar-refractivity contribution in [1.82, 2.24) is 0 Å². The van der Waals surface area contributed by atoms with E-state index in [1.807, 2.05) is 0 Å². The molecule has 0 amide bonds. The van der Waals surface area contributed by atoms with Crippen LogP contribution in [-0.4, -0.2) is 46.7 Å². The Labute approximate surface area is 172 Å². The second-order valence-electron chi connectivity index (χ2n) is 7.43. The molecule has 2 aromatic carbocycles. The molecule has 1 saturated heterocycles. The predicted octanol–water partition coefficient (Wildman–Crippen LogP) is 2.70. The zero-order valence-corrected chi connectivity index (χ0v) is 18.1. The summed E-state index contributed by atoms with van der Waals surface area (Å²) in [5.41, 5.74) is 1.11. The number of hydrogen-bond donors (Lipinski definition) is 1. The van der Waals surface area contributed by atoms with Gasteiger partial charge in [-0.3, -0.25) is 0 Å². The molecule has 0 bridgehead atoms. The second kappa shape index (κ2) is 8.45. The van der Waals surface area contributed by atoms with Crippen LogP contribution in [0.5, 0.6) is 5.75 Å². The van der Waals surface area contributed by atoms with E-state index in [9.17, 15) is 21.9 Å². The first-order valence-electron chi connectivity index (χ1n) is 9.48. The Morgan fingerprint density at radius 2 is 1.66 bits per heavy atom. The normalized spacial score (nSPS) is 19.4. The van der Waals surface area contributed by atoms with E-state index < -0.39 is 36.9 Å². The Morgan fingerprint density at radius 1 is 1.03 bits per heavy atom. The van der Waals surface area contributed by atoms with Crippen molar-refractivity contribution in [3.8, 4) is 5.75 Å². The summed E-state index contributed by atoms with van der Waals surface area (Å²) in [7, 11) is -5.55. The highest BCUT2D eigenvalue weighted by Gasteiger charge is 2.42. The smallest absolute Gasteiger partial charge is 0.187 e. The molecular weight excluding hydrogens is 412 g/mol. The molecule has 1 heterocycles. The lowest BCUT2D eigenvalue weighted by Crippen LogP contribution is -2.38. The van der Waals surface area contributed by atoms with Crippen molar-refractivity contribution in [2.24, 2.45) is 5.92 Å². The van der Waals surface area contributed by atoms with E-state index in [1.54, 1.807) is 43.3 Å². The third-order valence-electron chi connectivity index (χ3n) is 5.65. The van der Waals surface area contributed by atoms with Gasteiger partial charge >= 0.3 is 0 Å². The Hall–Kier alpha value is -1.90. The molecule has 0 aromatic heterocycles. The van der Waals surface area contributed by atoms with Crippen LogP contribution in [0.2, 0.25) is 0 Å². The van der Waals surface area contributed by atoms with Crippen LogP contribution in [0.15, 0.2) is 53.4 Å². The maximum atomic E-state index is 13.6. The minimum atomic E-state index is -3.93. The van der Waals surface area contributed by atoms with Gasteiger partial charge in [-0.1, -0.05) is 30.3 Å². The number of aliphatic hydroxyl groups excluding tert-OH is 1. The van der Waals surface area contributed by atoms with Crippen LogP contribution < -0.4 is 4.74 Å². The van der Waals surface area contributed by atoms with Crippen LogP contribution in [0, 0.1) is 12.8 Å². The number of ether oxygens (including phenoxy) is 1. The summed E-state index contributed by atoms with van der Waals surface area (Å²) in [5, 5.41) is 10.0. The fraction of sp³-hybridized carbons (Fsp3) is 0.429. The van der Waals surface area contributed by atoms with Crippen molar-refractivity contribution in [2.75, 3.05) is 18.6 Å². The Bertz CT molecular complexity index is 1050. The molecule has 158 valence electrons. The lowest BCUT2D eigenvalue weighted by molar-refractivity contribution is 0.0959. The molecule has 1 N–H and O–H groups in total. The van der Waals surface area contributed by atoms with E-state index in [2.05, 4.69) is 0 Å². The van der Waals surface area contributed by atoms with Crippen molar-refractivity contribution in [2.45, 2.75) is 36.0 Å². The molecule has 1 aliphatic rings. The molecule has 6 nitrogen and oxygen atoms in total. The van der Waals surface area contributed by atoms with Crippen LogP contribution in [-0.2, 0) is 19.7 Å². The van der Waals surface area contributed by atoms with Gasteiger partial charge in [-0.05, 0) is 55.0 Å². The zero-order chi connectivity index (χ0) is 21.2. The summed E-state index contributed by atoms with van der Waals surface area (Å²) in [5.74, 6) is 0.0372. The van der Waals surface area contributed by atoms with Gasteiger partial charge in [-0.25, -0.2) is 16.8 Å². The minimum absolute atomic E-state index is 0.0378. The quantitative estimate of drug-likeness (QED) is 0.745. The first-order valence-corrected chi connectivity index (χ1v) is 12.8. The van der Waals surface area contributed by atoms with E-state index in [-0.39, 0.29) is 29.2 Å². The molecule has 1 fully saturated rings. The van der Waals surface area contributed by atoms with Crippen molar-refractivity contribution in [1.29, 1.82) is 0 Å². The number of benzene rings is 2. The van der Waals surface area contributed by atoms with Crippen LogP contribution in [0.1, 0.15) is 29.2 Å². The Kier molecular flexibility index (Phi) is 6.36. The zero-order valence-electron chi connectivity index (χ0n) is 16.5. The highest BCUT2D eigenvalue weighted by Crippen LogP contribution is 2.40. The highest BCUT2D eigenvalue weighted by molar-refractivity contribution is 7.92. The molecule has 0 spiro atoms. The maximum Gasteiger partial charge on any atom is 0.187 e. The third-order valence-corrected chi connectivity index (χ3v) is 9.50. The second-order valence-corrected chi connectivity index (χ2v) is 11.8. The van der Waals surface area contributed by atoms with Crippen molar-refractivity contribution < 1.29 is 26.7 Å². The molecule has 3 rings (SSSR count). The number of methoxy groups -OCH3 is 1. The van der Waals surface area contributed by atoms with Gasteiger partial charge in [0.05, 0.1) is 29.6 Å². The summed E-state index contributed by atoms with van der Waals surface area (Å²) in [6, 6.07) is 13.2. The maximum absolute atomic E-state index is 13.6. The highest BCUT2D eigenvalue weighted by atomic mass is 32.2. The molecule has 8 heteroatoms. The summed E-state index contributed by atoms with van der Waals surface area (Å²) in [6.07, 6.45) is -0.748. The van der Waals surface area contributed by atoms with E-state index in [1.165, 1.54) is 19.2 Å². The lowest BCUT2D eigenvalue weighted by Gasteiger charge is -2.33. The molecule has 0 aliphatic carbocycles. The average Bonchev–Trinajstić information content (AvgIpc) is 2.70. The molecule has 2 unspecified atom stereocenters. The van der Waals surface area contributed by atoms with E-state index in [0.717, 1.165) is 0 Å². The molecule has 0 radical (unpaired) electrons. The van der Waals surface area contributed by atoms with Gasteiger partial charge in [0.1, 0.15) is 20.8 Å². The minimum Gasteiger partial charge on any atom is -0.496 e. The number of rotatable bonds is 6. The molecule has 2 aromatic rings. The first kappa shape index (κ1) is 21.8. The topological polar surface area (TPSA) is 97.7 Å². The van der Waals surface area contributed by atoms with Gasteiger partial charge in [0, 0.05) is 0 Å². The standard InChI is InChI=1S/C21H26O6S2/c1-15-18(9-6-10-19(15)27-2)21(29(25,26)17-7-4-3-5-8-17)20(22)16-11-13-28(23,24)14-12-16/h3-10,16,20-22H,11-14H2,1-2H3. The third kappa shape index (κ3) is 4.49. The van der Waals surface area contributed by atoms with Crippen LogP contribution in [0.3, 0.4) is 0 Å². The van der Waals surface area contributed by atoms with Crippen LogP contribution in [0.4, 0.5) is 0 Å². The summed E-state index contributed by atoms with van der Waals surface area (Å²) in [4.78, 5) is 0.120. The van der Waals surface area contributed by atoms with E-state index in [4.69, 9.17) is 4.74 Å². The van der Waals surface area contributed by atoms with Crippen molar-refractivity contribution in [3.63, 3.8) is 0 Å². The molecule has 29 heavy (non-hydrogen) atoms. The summed E-state index contributed by atoms with van der Waals surface area (Å²) in [6.45, 7) is 1.76. The summed E-state index contributed by atoms with van der Waals surface area (Å²) < 4.78 is 56.1. The fourth-order valence-corrected chi connectivity index (χ4v) is 7.49. The first-order chi connectivity index (χ1) is 13.7. The Morgan fingerprint density at radius 3 is 2.24 bits per heavy atom. The van der Waals surface area contributed by atoms with Gasteiger partial charge in [0.15, 0.2) is 9.84 Å². The molecule has 0 saturated carbocycles. The van der Waals surface area contributed by atoms with Gasteiger partial charge in [0.25, 0.3) is 0 Å². The van der Waals surface area contributed by atoms with E-state index in [0.29, 0.717) is 16.9 Å². The van der Waals surface area contributed by atoms with Crippen molar-refractivity contribution in [3.05, 3.63) is 59.7 Å². The van der Waals surface area contributed by atoms with E-state index >= 15 is 0 Å². The largest absolute Gasteiger partial charge is 0.496 e. The number of sulfone groups is 2. The molecule has 1 aliphatic heterocycles. The van der Waals surface area contributed by atoms with Crippen LogP contribution in [0.25, 0.3) is 0 Å². The Balaban J connectivity index is 2.10.